The second-order valence-corrected chi connectivity index (χ2v) is 6.75. The van der Waals surface area contributed by atoms with Crippen molar-refractivity contribution in [3.05, 3.63) is 52.5 Å². The van der Waals surface area contributed by atoms with E-state index in [1.165, 1.54) is 29.5 Å². The molecule has 90 valence electrons. The standard InChI is InChI=1S/C12H11FO2S2/c13-10-3-1-5-12(9-10)17(14,15)8-6-11-4-2-7-16-11/h1-5,7,9H,6,8H2. The van der Waals surface area contributed by atoms with Gasteiger partial charge in [-0.25, -0.2) is 12.8 Å². The van der Waals surface area contributed by atoms with Crippen molar-refractivity contribution in [3.8, 4) is 0 Å². The van der Waals surface area contributed by atoms with Gasteiger partial charge in [0.1, 0.15) is 5.82 Å². The fourth-order valence-electron chi connectivity index (χ4n) is 1.47. The van der Waals surface area contributed by atoms with Gasteiger partial charge in [-0.15, -0.1) is 11.3 Å². The summed E-state index contributed by atoms with van der Waals surface area (Å²) in [7, 11) is -3.39. The van der Waals surface area contributed by atoms with Crippen molar-refractivity contribution in [3.63, 3.8) is 0 Å². The number of rotatable bonds is 4. The molecule has 1 heterocycles. The fourth-order valence-corrected chi connectivity index (χ4v) is 3.61. The van der Waals surface area contributed by atoms with Crippen LogP contribution in [0.5, 0.6) is 0 Å². The summed E-state index contributed by atoms with van der Waals surface area (Å²) in [6.07, 6.45) is 0.469. The molecule has 0 aliphatic rings. The number of thiophene rings is 1. The van der Waals surface area contributed by atoms with Crippen LogP contribution >= 0.6 is 11.3 Å². The zero-order valence-electron chi connectivity index (χ0n) is 8.97. The van der Waals surface area contributed by atoms with Gasteiger partial charge in [-0.2, -0.15) is 0 Å². The predicted octanol–water partition coefficient (Wildman–Crippen LogP) is 2.90. The smallest absolute Gasteiger partial charge is 0.178 e. The molecule has 0 aliphatic heterocycles. The topological polar surface area (TPSA) is 34.1 Å². The van der Waals surface area contributed by atoms with Gasteiger partial charge in [0.2, 0.25) is 0 Å². The first-order valence-electron chi connectivity index (χ1n) is 5.09. The van der Waals surface area contributed by atoms with Crippen LogP contribution in [-0.4, -0.2) is 14.2 Å². The van der Waals surface area contributed by atoms with E-state index in [0.29, 0.717) is 6.42 Å². The average Bonchev–Trinajstić information content (AvgIpc) is 2.79. The summed E-state index contributed by atoms with van der Waals surface area (Å²) in [5, 5.41) is 1.91. The molecule has 1 aromatic heterocycles. The molecule has 1 aromatic carbocycles. The van der Waals surface area contributed by atoms with Gasteiger partial charge in [-0.3, -0.25) is 0 Å². The lowest BCUT2D eigenvalue weighted by Crippen LogP contribution is -2.08. The number of sulfone groups is 1. The third-order valence-electron chi connectivity index (χ3n) is 2.35. The Kier molecular flexibility index (Phi) is 3.59. The summed E-state index contributed by atoms with van der Waals surface area (Å²) in [6, 6.07) is 8.91. The number of hydrogen-bond donors (Lipinski definition) is 0. The van der Waals surface area contributed by atoms with Crippen LogP contribution in [0.15, 0.2) is 46.7 Å². The first-order valence-corrected chi connectivity index (χ1v) is 7.62. The highest BCUT2D eigenvalue weighted by Gasteiger charge is 2.15. The largest absolute Gasteiger partial charge is 0.224 e. The molecule has 0 atom stereocenters. The van der Waals surface area contributed by atoms with Crippen molar-refractivity contribution in [2.24, 2.45) is 0 Å². The van der Waals surface area contributed by atoms with E-state index in [1.807, 2.05) is 17.5 Å². The minimum absolute atomic E-state index is 0.0109. The molecule has 0 bridgehead atoms. The van der Waals surface area contributed by atoms with E-state index < -0.39 is 15.7 Å². The summed E-state index contributed by atoms with van der Waals surface area (Å²) >= 11 is 1.52. The van der Waals surface area contributed by atoms with Crippen molar-refractivity contribution < 1.29 is 12.8 Å². The van der Waals surface area contributed by atoms with Gasteiger partial charge >= 0.3 is 0 Å². The maximum atomic E-state index is 12.9. The van der Waals surface area contributed by atoms with Gasteiger partial charge in [0.25, 0.3) is 0 Å². The zero-order chi connectivity index (χ0) is 12.3. The molecule has 0 fully saturated rings. The molecule has 0 saturated carbocycles. The van der Waals surface area contributed by atoms with Gasteiger partial charge in [0, 0.05) is 4.88 Å². The van der Waals surface area contributed by atoms with Crippen molar-refractivity contribution >= 4 is 21.2 Å². The van der Waals surface area contributed by atoms with Crippen LogP contribution in [0.25, 0.3) is 0 Å². The lowest BCUT2D eigenvalue weighted by Gasteiger charge is -2.03. The Morgan fingerprint density at radius 1 is 1.18 bits per heavy atom. The Labute approximate surface area is 104 Å². The normalized spacial score (nSPS) is 11.6. The lowest BCUT2D eigenvalue weighted by molar-refractivity contribution is 0.590. The zero-order valence-corrected chi connectivity index (χ0v) is 10.6. The number of halogens is 1. The highest BCUT2D eigenvalue weighted by atomic mass is 32.2. The van der Waals surface area contributed by atoms with Gasteiger partial charge in [0.15, 0.2) is 9.84 Å². The third kappa shape index (κ3) is 3.14. The first kappa shape index (κ1) is 12.3. The molecule has 17 heavy (non-hydrogen) atoms. The predicted molar refractivity (Wildman–Crippen MR) is 66.5 cm³/mol. The van der Waals surface area contributed by atoms with E-state index in [9.17, 15) is 12.8 Å². The van der Waals surface area contributed by atoms with Gasteiger partial charge in [-0.1, -0.05) is 12.1 Å². The van der Waals surface area contributed by atoms with Gasteiger partial charge < -0.3 is 0 Å². The van der Waals surface area contributed by atoms with Crippen LogP contribution in [0.3, 0.4) is 0 Å². The molecule has 5 heteroatoms. The summed E-state index contributed by atoms with van der Waals surface area (Å²) in [5.41, 5.74) is 0. The Bertz CT molecular complexity index is 589. The number of benzene rings is 1. The lowest BCUT2D eigenvalue weighted by atomic mass is 10.3. The van der Waals surface area contributed by atoms with E-state index in [1.54, 1.807) is 0 Å². The minimum Gasteiger partial charge on any atom is -0.224 e. The van der Waals surface area contributed by atoms with Crippen LogP contribution in [0, 0.1) is 5.82 Å². The van der Waals surface area contributed by atoms with Crippen molar-refractivity contribution in [1.82, 2.24) is 0 Å². The average molecular weight is 270 g/mol. The molecule has 0 amide bonds. The molecule has 2 nitrogen and oxygen atoms in total. The quantitative estimate of drug-likeness (QED) is 0.856. The molecule has 0 radical (unpaired) electrons. The van der Waals surface area contributed by atoms with Crippen molar-refractivity contribution in [1.29, 1.82) is 0 Å². The molecule has 0 spiro atoms. The Morgan fingerprint density at radius 2 is 2.00 bits per heavy atom. The van der Waals surface area contributed by atoms with Crippen molar-refractivity contribution in [2.75, 3.05) is 5.75 Å². The third-order valence-corrected chi connectivity index (χ3v) is 5.00. The molecule has 0 saturated heterocycles. The maximum absolute atomic E-state index is 12.9. The van der Waals surface area contributed by atoms with Crippen LogP contribution < -0.4 is 0 Å². The Hall–Kier alpha value is -1.20. The molecule has 0 aliphatic carbocycles. The molecular weight excluding hydrogens is 259 g/mol. The van der Waals surface area contributed by atoms with E-state index >= 15 is 0 Å². The highest BCUT2D eigenvalue weighted by Crippen LogP contribution is 2.16. The maximum Gasteiger partial charge on any atom is 0.178 e. The molecule has 2 aromatic rings. The van der Waals surface area contributed by atoms with E-state index in [4.69, 9.17) is 0 Å². The Morgan fingerprint density at radius 3 is 2.65 bits per heavy atom. The number of hydrogen-bond acceptors (Lipinski definition) is 3. The first-order chi connectivity index (χ1) is 8.08. The minimum atomic E-state index is -3.39. The fraction of sp³-hybridized carbons (Fsp3) is 0.167. The summed E-state index contributed by atoms with van der Waals surface area (Å²) in [4.78, 5) is 1.07. The molecule has 2 rings (SSSR count). The second kappa shape index (κ2) is 4.98. The second-order valence-electron chi connectivity index (χ2n) is 3.61. The monoisotopic (exact) mass is 270 g/mol. The summed E-state index contributed by atoms with van der Waals surface area (Å²) in [5.74, 6) is -0.515. The number of aryl methyl sites for hydroxylation is 1. The van der Waals surface area contributed by atoms with E-state index in [-0.39, 0.29) is 10.6 Å². The summed E-state index contributed by atoms with van der Waals surface area (Å²) in [6.45, 7) is 0. The van der Waals surface area contributed by atoms with Gasteiger partial charge in [-0.05, 0) is 36.1 Å². The van der Waals surface area contributed by atoms with Crippen LogP contribution in [-0.2, 0) is 16.3 Å². The van der Waals surface area contributed by atoms with E-state index in [2.05, 4.69) is 0 Å². The summed E-state index contributed by atoms with van der Waals surface area (Å²) < 4.78 is 36.8. The molecule has 0 N–H and O–H groups in total. The Balaban J connectivity index is 2.14. The molecule has 0 unspecified atom stereocenters. The van der Waals surface area contributed by atoms with Crippen molar-refractivity contribution in [2.45, 2.75) is 11.3 Å². The SMILES string of the molecule is O=S(=O)(CCc1cccs1)c1cccc(F)c1. The highest BCUT2D eigenvalue weighted by molar-refractivity contribution is 7.91. The van der Waals surface area contributed by atoms with Gasteiger partial charge in [0.05, 0.1) is 10.6 Å². The van der Waals surface area contributed by atoms with Crippen LogP contribution in [0.2, 0.25) is 0 Å². The van der Waals surface area contributed by atoms with Crippen LogP contribution in [0.4, 0.5) is 4.39 Å². The van der Waals surface area contributed by atoms with E-state index in [0.717, 1.165) is 10.9 Å². The van der Waals surface area contributed by atoms with Crippen LogP contribution in [0.1, 0.15) is 4.88 Å². The molecular formula is C12H11FO2S2.